The molecule has 1 rings (SSSR count). The van der Waals surface area contributed by atoms with Crippen LogP contribution in [0.15, 0.2) is 0 Å². The first-order valence-corrected chi connectivity index (χ1v) is 14.2. The van der Waals surface area contributed by atoms with Crippen molar-refractivity contribution < 1.29 is 9.90 Å². The third kappa shape index (κ3) is 13.2. The number of carbonyl (C=O) groups is 1. The van der Waals surface area contributed by atoms with Gasteiger partial charge >= 0.3 is 5.97 Å². The molecule has 1 heterocycles. The van der Waals surface area contributed by atoms with E-state index in [1.54, 1.807) is 0 Å². The van der Waals surface area contributed by atoms with E-state index in [0.717, 1.165) is 25.9 Å². The van der Waals surface area contributed by atoms with Crippen molar-refractivity contribution in [2.75, 3.05) is 13.1 Å². The molecule has 0 saturated carbocycles. The van der Waals surface area contributed by atoms with E-state index in [1.807, 2.05) is 13.8 Å². The lowest BCUT2D eigenvalue weighted by Gasteiger charge is -2.41. The van der Waals surface area contributed by atoms with Crippen LogP contribution in [0.4, 0.5) is 0 Å². The number of carboxylic acids is 1. The number of rotatable bonds is 19. The van der Waals surface area contributed by atoms with Gasteiger partial charge in [0.15, 0.2) is 0 Å². The van der Waals surface area contributed by atoms with Crippen molar-refractivity contribution in [1.29, 1.82) is 0 Å². The summed E-state index contributed by atoms with van der Waals surface area (Å²) in [6.07, 6.45) is 23.8. The van der Waals surface area contributed by atoms with Crippen molar-refractivity contribution >= 4 is 5.97 Å². The molecule has 0 aliphatic carbocycles. The molecule has 3 nitrogen and oxygen atoms in total. The number of carboxylic acid groups (broad SMARTS) is 1. The van der Waals surface area contributed by atoms with Crippen LogP contribution < -0.4 is 0 Å². The molecule has 1 fully saturated rings. The molecule has 1 atom stereocenters. The van der Waals surface area contributed by atoms with Gasteiger partial charge in [-0.25, -0.2) is 0 Å². The second kappa shape index (κ2) is 16.1. The lowest BCUT2D eigenvalue weighted by Crippen LogP contribution is -2.45. The Labute approximate surface area is 201 Å². The second-order valence-electron chi connectivity index (χ2n) is 12.2. The number of piperidine rings is 1. The van der Waals surface area contributed by atoms with Gasteiger partial charge in [0.2, 0.25) is 0 Å². The predicted molar refractivity (Wildman–Crippen MR) is 139 cm³/mol. The molecule has 0 spiro atoms. The summed E-state index contributed by atoms with van der Waals surface area (Å²) >= 11 is 0. The van der Waals surface area contributed by atoms with Gasteiger partial charge in [0.05, 0.1) is 5.41 Å². The van der Waals surface area contributed by atoms with Crippen LogP contribution in [0.1, 0.15) is 150 Å². The Morgan fingerprint density at radius 3 is 1.69 bits per heavy atom. The minimum absolute atomic E-state index is 0.287. The Morgan fingerprint density at radius 1 is 0.750 bits per heavy atom. The van der Waals surface area contributed by atoms with E-state index in [-0.39, 0.29) is 5.41 Å². The largest absolute Gasteiger partial charge is 0.481 e. The minimum Gasteiger partial charge on any atom is -0.481 e. The van der Waals surface area contributed by atoms with Gasteiger partial charge in [0.1, 0.15) is 0 Å². The fraction of sp³-hybridized carbons (Fsp3) is 0.966. The Hall–Kier alpha value is -0.570. The summed E-state index contributed by atoms with van der Waals surface area (Å²) in [6.45, 7) is 13.2. The second-order valence-corrected chi connectivity index (χ2v) is 12.2. The van der Waals surface area contributed by atoms with Gasteiger partial charge in [-0.05, 0) is 64.5 Å². The molecule has 190 valence electrons. The van der Waals surface area contributed by atoms with Gasteiger partial charge in [-0.15, -0.1) is 0 Å². The smallest absolute Gasteiger partial charge is 0.309 e. The predicted octanol–water partition coefficient (Wildman–Crippen LogP) is 8.85. The summed E-state index contributed by atoms with van der Waals surface area (Å²) in [5.41, 5.74) is -0.358. The fourth-order valence-corrected chi connectivity index (χ4v) is 5.47. The maximum absolute atomic E-state index is 11.8. The number of nitrogens with zero attached hydrogens (tertiary/aromatic N) is 1. The van der Waals surface area contributed by atoms with E-state index in [2.05, 4.69) is 25.7 Å². The van der Waals surface area contributed by atoms with E-state index >= 15 is 0 Å². The van der Waals surface area contributed by atoms with Crippen molar-refractivity contribution in [2.24, 2.45) is 10.8 Å². The summed E-state index contributed by atoms with van der Waals surface area (Å²) in [4.78, 5) is 14.4. The lowest BCUT2D eigenvalue weighted by atomic mass is 9.75. The molecule has 3 heteroatoms. The Morgan fingerprint density at radius 2 is 1.22 bits per heavy atom. The SMILES string of the molecule is CCCCCCCCCCCCCCC(C)(C)CC(CC(C)(C)C(=O)O)N1CCCCC1. The molecule has 1 saturated heterocycles. The topological polar surface area (TPSA) is 40.5 Å². The minimum atomic E-state index is -0.654. The molecule has 1 unspecified atom stereocenters. The van der Waals surface area contributed by atoms with Crippen molar-refractivity contribution in [3.05, 3.63) is 0 Å². The Kier molecular flexibility index (Phi) is 14.8. The standard InChI is InChI=1S/C29H57NO2/c1-6-7-8-9-10-11-12-13-14-15-16-18-21-28(2,3)24-26(25-29(4,5)27(31)32)30-22-19-17-20-23-30/h26H,6-25H2,1-5H3,(H,31,32). The monoisotopic (exact) mass is 451 g/mol. The van der Waals surface area contributed by atoms with E-state index in [0.29, 0.717) is 6.04 Å². The number of aliphatic carboxylic acids is 1. The van der Waals surface area contributed by atoms with Crippen LogP contribution in [0.3, 0.4) is 0 Å². The first-order valence-electron chi connectivity index (χ1n) is 14.2. The van der Waals surface area contributed by atoms with Gasteiger partial charge in [-0.2, -0.15) is 0 Å². The van der Waals surface area contributed by atoms with Crippen molar-refractivity contribution in [2.45, 2.75) is 156 Å². The molecule has 0 aromatic carbocycles. The van der Waals surface area contributed by atoms with Crippen LogP contribution in [0.2, 0.25) is 0 Å². The number of unbranched alkanes of at least 4 members (excludes halogenated alkanes) is 11. The van der Waals surface area contributed by atoms with Crippen molar-refractivity contribution in [3.8, 4) is 0 Å². The van der Waals surface area contributed by atoms with Gasteiger partial charge in [-0.1, -0.05) is 104 Å². The Bertz CT molecular complexity index is 480. The first kappa shape index (κ1) is 29.5. The molecule has 1 N–H and O–H groups in total. The number of hydrogen-bond acceptors (Lipinski definition) is 2. The average molecular weight is 452 g/mol. The molecule has 0 bridgehead atoms. The van der Waals surface area contributed by atoms with Gasteiger partial charge in [-0.3, -0.25) is 4.79 Å². The number of hydrogen-bond donors (Lipinski definition) is 1. The molecule has 0 aromatic rings. The van der Waals surface area contributed by atoms with Crippen LogP contribution >= 0.6 is 0 Å². The first-order chi connectivity index (χ1) is 15.2. The summed E-state index contributed by atoms with van der Waals surface area (Å²) in [5, 5.41) is 9.69. The lowest BCUT2D eigenvalue weighted by molar-refractivity contribution is -0.148. The highest BCUT2D eigenvalue weighted by Gasteiger charge is 2.36. The highest BCUT2D eigenvalue weighted by atomic mass is 16.4. The molecule has 1 aliphatic heterocycles. The normalized spacial score (nSPS) is 16.9. The van der Waals surface area contributed by atoms with Crippen LogP contribution in [-0.4, -0.2) is 35.1 Å². The van der Waals surface area contributed by atoms with Gasteiger partial charge in [0, 0.05) is 6.04 Å². The van der Waals surface area contributed by atoms with E-state index in [4.69, 9.17) is 0 Å². The van der Waals surface area contributed by atoms with Crippen LogP contribution in [0.5, 0.6) is 0 Å². The zero-order valence-electron chi connectivity index (χ0n) is 22.5. The fourth-order valence-electron chi connectivity index (χ4n) is 5.47. The molecule has 0 amide bonds. The zero-order chi connectivity index (χ0) is 23.9. The molecule has 32 heavy (non-hydrogen) atoms. The van der Waals surface area contributed by atoms with Crippen LogP contribution in [-0.2, 0) is 4.79 Å². The van der Waals surface area contributed by atoms with Crippen LogP contribution in [0, 0.1) is 10.8 Å². The summed E-state index contributed by atoms with van der Waals surface area (Å²) in [5.74, 6) is -0.654. The van der Waals surface area contributed by atoms with Crippen molar-refractivity contribution in [3.63, 3.8) is 0 Å². The summed E-state index contributed by atoms with van der Waals surface area (Å²) in [6, 6.07) is 0.397. The zero-order valence-corrected chi connectivity index (χ0v) is 22.5. The summed E-state index contributed by atoms with van der Waals surface area (Å²) < 4.78 is 0. The Balaban J connectivity index is 2.29. The number of likely N-dealkylation sites (tertiary alicyclic amines) is 1. The van der Waals surface area contributed by atoms with E-state index < -0.39 is 11.4 Å². The quantitative estimate of drug-likeness (QED) is 0.199. The molecule has 0 aromatic heterocycles. The maximum atomic E-state index is 11.8. The van der Waals surface area contributed by atoms with Crippen LogP contribution in [0.25, 0.3) is 0 Å². The van der Waals surface area contributed by atoms with E-state index in [9.17, 15) is 9.90 Å². The highest BCUT2D eigenvalue weighted by Crippen LogP contribution is 2.36. The third-order valence-electron chi connectivity index (χ3n) is 7.73. The highest BCUT2D eigenvalue weighted by molar-refractivity contribution is 5.73. The maximum Gasteiger partial charge on any atom is 0.309 e. The third-order valence-corrected chi connectivity index (χ3v) is 7.73. The summed E-state index contributed by atoms with van der Waals surface area (Å²) in [7, 11) is 0. The molecule has 1 aliphatic rings. The average Bonchev–Trinajstić information content (AvgIpc) is 2.74. The molecular weight excluding hydrogens is 394 g/mol. The van der Waals surface area contributed by atoms with Crippen molar-refractivity contribution in [1.82, 2.24) is 4.90 Å². The van der Waals surface area contributed by atoms with E-state index in [1.165, 1.54) is 103 Å². The molecule has 0 radical (unpaired) electrons. The van der Waals surface area contributed by atoms with Gasteiger partial charge < -0.3 is 10.0 Å². The van der Waals surface area contributed by atoms with Gasteiger partial charge in [0.25, 0.3) is 0 Å². The molecular formula is C29H57NO2.